The summed E-state index contributed by atoms with van der Waals surface area (Å²) >= 11 is 0. The predicted molar refractivity (Wildman–Crippen MR) is 67.2 cm³/mol. The van der Waals surface area contributed by atoms with Crippen molar-refractivity contribution in [1.29, 1.82) is 0 Å². The molecule has 0 heterocycles. The lowest BCUT2D eigenvalue weighted by atomic mass is 10.1. The number of benzene rings is 1. The molecule has 2 N–H and O–H groups in total. The number of phenolic OH excluding ortho intramolecular Hbond substituents is 1. The van der Waals surface area contributed by atoms with Crippen LogP contribution >= 0.6 is 0 Å². The van der Waals surface area contributed by atoms with Gasteiger partial charge in [-0.2, -0.15) is 0 Å². The molecule has 0 unspecified atom stereocenters. The SMILES string of the molecule is COCCOCCNCc1cc(C)ccc1O. The highest BCUT2D eigenvalue weighted by molar-refractivity contribution is 5.35. The number of aryl methyl sites for hydroxylation is 1. The van der Waals surface area contributed by atoms with Gasteiger partial charge in [-0.3, -0.25) is 0 Å². The second kappa shape index (κ2) is 8.06. The number of hydrogen-bond donors (Lipinski definition) is 2. The molecule has 96 valence electrons. The van der Waals surface area contributed by atoms with Crippen LogP contribution in [0.5, 0.6) is 5.75 Å². The van der Waals surface area contributed by atoms with Gasteiger partial charge in [-0.25, -0.2) is 0 Å². The third-order valence-corrected chi connectivity index (χ3v) is 2.41. The quantitative estimate of drug-likeness (QED) is 0.674. The third kappa shape index (κ3) is 5.68. The summed E-state index contributed by atoms with van der Waals surface area (Å²) in [5.41, 5.74) is 2.07. The molecule has 0 spiro atoms. The number of phenols is 1. The van der Waals surface area contributed by atoms with E-state index in [0.717, 1.165) is 17.7 Å². The summed E-state index contributed by atoms with van der Waals surface area (Å²) in [6.07, 6.45) is 0. The van der Waals surface area contributed by atoms with E-state index in [9.17, 15) is 5.11 Å². The van der Waals surface area contributed by atoms with Crippen molar-refractivity contribution < 1.29 is 14.6 Å². The van der Waals surface area contributed by atoms with Crippen molar-refractivity contribution >= 4 is 0 Å². The maximum absolute atomic E-state index is 9.62. The number of ether oxygens (including phenoxy) is 2. The van der Waals surface area contributed by atoms with Crippen molar-refractivity contribution in [3.63, 3.8) is 0 Å². The molecule has 1 aromatic rings. The second-order valence-electron chi connectivity index (χ2n) is 3.91. The number of methoxy groups -OCH3 is 1. The molecular weight excluding hydrogens is 218 g/mol. The largest absolute Gasteiger partial charge is 0.508 e. The fraction of sp³-hybridized carbons (Fsp3) is 0.538. The Labute approximate surface area is 103 Å². The van der Waals surface area contributed by atoms with Gasteiger partial charge in [-0.15, -0.1) is 0 Å². The first-order valence-corrected chi connectivity index (χ1v) is 5.80. The van der Waals surface area contributed by atoms with E-state index in [-0.39, 0.29) is 0 Å². The summed E-state index contributed by atoms with van der Waals surface area (Å²) in [6, 6.07) is 5.60. The Hall–Kier alpha value is -1.10. The topological polar surface area (TPSA) is 50.7 Å². The third-order valence-electron chi connectivity index (χ3n) is 2.41. The van der Waals surface area contributed by atoms with Gasteiger partial charge in [-0.1, -0.05) is 17.7 Å². The summed E-state index contributed by atoms with van der Waals surface area (Å²) in [6.45, 7) is 5.32. The Kier molecular flexibility index (Phi) is 6.62. The van der Waals surface area contributed by atoms with Crippen LogP contribution in [0.1, 0.15) is 11.1 Å². The molecule has 0 atom stereocenters. The first kappa shape index (κ1) is 14.0. The minimum atomic E-state index is 0.336. The monoisotopic (exact) mass is 239 g/mol. The maximum atomic E-state index is 9.62. The highest BCUT2D eigenvalue weighted by atomic mass is 16.5. The molecule has 0 aromatic heterocycles. The molecule has 0 amide bonds. The zero-order valence-electron chi connectivity index (χ0n) is 10.5. The lowest BCUT2D eigenvalue weighted by molar-refractivity contribution is 0.0719. The van der Waals surface area contributed by atoms with E-state index in [4.69, 9.17) is 9.47 Å². The Bertz CT molecular complexity index is 328. The normalized spacial score (nSPS) is 10.7. The molecular formula is C13H21NO3. The standard InChI is InChI=1S/C13H21NO3/c1-11-3-4-13(15)12(9-11)10-14-5-6-17-8-7-16-2/h3-4,9,14-15H,5-8,10H2,1-2H3. The van der Waals surface area contributed by atoms with E-state index in [1.807, 2.05) is 19.1 Å². The van der Waals surface area contributed by atoms with Gasteiger partial charge >= 0.3 is 0 Å². The van der Waals surface area contributed by atoms with Gasteiger partial charge < -0.3 is 19.9 Å². The summed E-state index contributed by atoms with van der Waals surface area (Å²) < 4.78 is 10.2. The number of hydrogen-bond acceptors (Lipinski definition) is 4. The van der Waals surface area contributed by atoms with Crippen molar-refractivity contribution in [3.8, 4) is 5.75 Å². The lowest BCUT2D eigenvalue weighted by Crippen LogP contribution is -2.20. The summed E-state index contributed by atoms with van der Waals surface area (Å²) in [5.74, 6) is 0.336. The highest BCUT2D eigenvalue weighted by Gasteiger charge is 2.00. The van der Waals surface area contributed by atoms with Gasteiger partial charge in [0, 0.05) is 25.8 Å². The van der Waals surface area contributed by atoms with Gasteiger partial charge in [0.1, 0.15) is 5.75 Å². The fourth-order valence-electron chi connectivity index (χ4n) is 1.47. The minimum absolute atomic E-state index is 0.336. The van der Waals surface area contributed by atoms with E-state index in [1.165, 1.54) is 0 Å². The van der Waals surface area contributed by atoms with Crippen LogP contribution in [0.4, 0.5) is 0 Å². The first-order valence-electron chi connectivity index (χ1n) is 5.80. The molecule has 0 saturated carbocycles. The zero-order valence-corrected chi connectivity index (χ0v) is 10.5. The Morgan fingerprint density at radius 2 is 2.06 bits per heavy atom. The summed E-state index contributed by atoms with van der Waals surface area (Å²) in [4.78, 5) is 0. The maximum Gasteiger partial charge on any atom is 0.120 e. The van der Waals surface area contributed by atoms with Crippen LogP contribution in [0.15, 0.2) is 18.2 Å². The van der Waals surface area contributed by atoms with Crippen LogP contribution in [-0.2, 0) is 16.0 Å². The molecule has 0 radical (unpaired) electrons. The summed E-state index contributed by atoms with van der Waals surface area (Å²) in [5, 5.41) is 12.8. The molecule has 0 aliphatic carbocycles. The smallest absolute Gasteiger partial charge is 0.120 e. The van der Waals surface area contributed by atoms with Crippen molar-refractivity contribution in [2.75, 3.05) is 33.5 Å². The average Bonchev–Trinajstić information content (AvgIpc) is 2.32. The number of nitrogens with one attached hydrogen (secondary N) is 1. The second-order valence-corrected chi connectivity index (χ2v) is 3.91. The molecule has 0 saturated heterocycles. The lowest BCUT2D eigenvalue weighted by Gasteiger charge is -2.08. The molecule has 0 aliphatic heterocycles. The molecule has 4 nitrogen and oxygen atoms in total. The van der Waals surface area contributed by atoms with Crippen molar-refractivity contribution in [3.05, 3.63) is 29.3 Å². The van der Waals surface area contributed by atoms with Crippen molar-refractivity contribution in [2.24, 2.45) is 0 Å². The van der Waals surface area contributed by atoms with Crippen LogP contribution in [0.3, 0.4) is 0 Å². The molecule has 0 fully saturated rings. The first-order chi connectivity index (χ1) is 8.24. The molecule has 17 heavy (non-hydrogen) atoms. The highest BCUT2D eigenvalue weighted by Crippen LogP contribution is 2.17. The van der Waals surface area contributed by atoms with Crippen LogP contribution in [0.25, 0.3) is 0 Å². The van der Waals surface area contributed by atoms with Crippen LogP contribution in [0.2, 0.25) is 0 Å². The number of aromatic hydroxyl groups is 1. The predicted octanol–water partition coefficient (Wildman–Crippen LogP) is 1.45. The van der Waals surface area contributed by atoms with Gasteiger partial charge in [-0.05, 0) is 13.0 Å². The average molecular weight is 239 g/mol. The van der Waals surface area contributed by atoms with E-state index in [2.05, 4.69) is 5.32 Å². The molecule has 0 aliphatic rings. The van der Waals surface area contributed by atoms with Gasteiger partial charge in [0.2, 0.25) is 0 Å². The Balaban J connectivity index is 2.15. The minimum Gasteiger partial charge on any atom is -0.508 e. The number of rotatable bonds is 8. The van der Waals surface area contributed by atoms with Crippen LogP contribution in [0, 0.1) is 6.92 Å². The van der Waals surface area contributed by atoms with Crippen molar-refractivity contribution in [2.45, 2.75) is 13.5 Å². The molecule has 0 bridgehead atoms. The molecule has 4 heteroatoms. The Morgan fingerprint density at radius 3 is 2.82 bits per heavy atom. The Morgan fingerprint density at radius 1 is 1.24 bits per heavy atom. The molecule has 1 rings (SSSR count). The van der Waals surface area contributed by atoms with E-state index >= 15 is 0 Å². The summed E-state index contributed by atoms with van der Waals surface area (Å²) in [7, 11) is 1.65. The van der Waals surface area contributed by atoms with Crippen LogP contribution < -0.4 is 5.32 Å². The van der Waals surface area contributed by atoms with E-state index < -0.39 is 0 Å². The van der Waals surface area contributed by atoms with E-state index in [0.29, 0.717) is 32.1 Å². The van der Waals surface area contributed by atoms with Crippen molar-refractivity contribution in [1.82, 2.24) is 5.32 Å². The zero-order chi connectivity index (χ0) is 12.5. The van der Waals surface area contributed by atoms with Crippen LogP contribution in [-0.4, -0.2) is 38.6 Å². The van der Waals surface area contributed by atoms with Gasteiger partial charge in [0.25, 0.3) is 0 Å². The molecule has 1 aromatic carbocycles. The van der Waals surface area contributed by atoms with E-state index in [1.54, 1.807) is 13.2 Å². The fourth-order valence-corrected chi connectivity index (χ4v) is 1.47. The van der Waals surface area contributed by atoms with Gasteiger partial charge in [0.05, 0.1) is 19.8 Å². The van der Waals surface area contributed by atoms with Gasteiger partial charge in [0.15, 0.2) is 0 Å².